The Labute approximate surface area is 218 Å². The zero-order valence-corrected chi connectivity index (χ0v) is 21.8. The van der Waals surface area contributed by atoms with E-state index in [0.717, 1.165) is 24.0 Å². The van der Waals surface area contributed by atoms with Crippen molar-refractivity contribution in [1.82, 2.24) is 28.8 Å². The molecule has 0 aliphatic carbocycles. The van der Waals surface area contributed by atoms with Crippen LogP contribution in [0.5, 0.6) is 0 Å². The summed E-state index contributed by atoms with van der Waals surface area (Å²) in [5.41, 5.74) is 2.81. The predicted molar refractivity (Wildman–Crippen MR) is 143 cm³/mol. The minimum Gasteiger partial charge on any atom is -0.465 e. The highest BCUT2D eigenvalue weighted by Crippen LogP contribution is 2.33. The lowest BCUT2D eigenvalue weighted by Crippen LogP contribution is -2.16. The van der Waals surface area contributed by atoms with Gasteiger partial charge in [0.2, 0.25) is 0 Å². The molecule has 5 aromatic rings. The first-order valence-electron chi connectivity index (χ1n) is 11.6. The number of methoxy groups -OCH3 is 1. The molecule has 3 heterocycles. The van der Waals surface area contributed by atoms with Crippen LogP contribution in [0.4, 0.5) is 4.39 Å². The van der Waals surface area contributed by atoms with Crippen LogP contribution >= 0.6 is 12.4 Å². The third-order valence-electron chi connectivity index (χ3n) is 6.39. The summed E-state index contributed by atoms with van der Waals surface area (Å²) in [4.78, 5) is 27.5. The number of hydrogen-bond acceptors (Lipinski definition) is 5. The number of hydrogen-bond donors (Lipinski definition) is 1. The van der Waals surface area contributed by atoms with Crippen molar-refractivity contribution < 1.29 is 13.9 Å². The zero-order valence-electron chi connectivity index (χ0n) is 21.0. The second-order valence-electron chi connectivity index (χ2n) is 9.09. The highest BCUT2D eigenvalue weighted by molar-refractivity contribution is 5.99. The summed E-state index contributed by atoms with van der Waals surface area (Å²) in [7, 11) is 7.23. The lowest BCUT2D eigenvalue weighted by Gasteiger charge is -2.10. The topological polar surface area (TPSA) is 90.1 Å². The average Bonchev–Trinajstić information content (AvgIpc) is 3.50. The quantitative estimate of drug-likeness (QED) is 0.324. The molecule has 0 aliphatic heterocycles. The normalized spacial score (nSPS) is 11.4. The van der Waals surface area contributed by atoms with E-state index in [9.17, 15) is 14.0 Å². The molecule has 0 saturated heterocycles. The van der Waals surface area contributed by atoms with Crippen LogP contribution in [0, 0.1) is 5.82 Å². The summed E-state index contributed by atoms with van der Waals surface area (Å²) in [5, 5.41) is 8.21. The smallest absolute Gasteiger partial charge is 0.348 e. The van der Waals surface area contributed by atoms with Gasteiger partial charge in [-0.25, -0.2) is 23.6 Å². The van der Waals surface area contributed by atoms with E-state index in [-0.39, 0.29) is 18.2 Å². The largest absolute Gasteiger partial charge is 0.465 e. The second-order valence-corrected chi connectivity index (χ2v) is 9.09. The maximum absolute atomic E-state index is 14.2. The Morgan fingerprint density at radius 1 is 1.11 bits per heavy atom. The number of nitrogens with zero attached hydrogens (tertiary/aromatic N) is 5. The van der Waals surface area contributed by atoms with Gasteiger partial charge < -0.3 is 18.8 Å². The Hall–Kier alpha value is -3.89. The number of halogens is 2. The Kier molecular flexibility index (Phi) is 7.24. The molecule has 11 heteroatoms. The molecule has 3 aromatic heterocycles. The first-order valence-corrected chi connectivity index (χ1v) is 11.6. The van der Waals surface area contributed by atoms with Crippen molar-refractivity contribution >= 4 is 40.2 Å². The van der Waals surface area contributed by atoms with E-state index in [1.165, 1.54) is 23.8 Å². The molecule has 0 saturated carbocycles. The van der Waals surface area contributed by atoms with Gasteiger partial charge in [-0.1, -0.05) is 0 Å². The minimum atomic E-state index is -0.465. The van der Waals surface area contributed by atoms with Gasteiger partial charge in [0.25, 0.3) is 0 Å². The van der Waals surface area contributed by atoms with Crippen molar-refractivity contribution in [1.29, 1.82) is 0 Å². The summed E-state index contributed by atoms with van der Waals surface area (Å²) in [5.74, 6) is -0.487. The van der Waals surface area contributed by atoms with Gasteiger partial charge in [0, 0.05) is 47.8 Å². The fraction of sp³-hybridized carbons (Fsp3) is 0.269. The molecule has 0 amide bonds. The van der Waals surface area contributed by atoms with Gasteiger partial charge in [-0.05, 0) is 63.5 Å². The number of H-pyrrole nitrogens is 1. The molecule has 0 fully saturated rings. The maximum Gasteiger partial charge on any atom is 0.348 e. The molecule has 0 radical (unpaired) electrons. The molecular weight excluding hydrogens is 499 g/mol. The number of fused-ring (bicyclic) bond motifs is 2. The van der Waals surface area contributed by atoms with Crippen LogP contribution in [-0.2, 0) is 18.3 Å². The van der Waals surface area contributed by atoms with E-state index in [1.807, 2.05) is 44.2 Å². The highest BCUT2D eigenvalue weighted by Gasteiger charge is 2.22. The van der Waals surface area contributed by atoms with E-state index in [2.05, 4.69) is 19.7 Å². The van der Waals surface area contributed by atoms with Crippen LogP contribution in [0.2, 0.25) is 0 Å². The fourth-order valence-corrected chi connectivity index (χ4v) is 4.69. The van der Waals surface area contributed by atoms with E-state index in [1.54, 1.807) is 18.2 Å². The van der Waals surface area contributed by atoms with Gasteiger partial charge in [0.15, 0.2) is 5.82 Å². The zero-order chi connectivity index (χ0) is 25.6. The third kappa shape index (κ3) is 4.65. The average molecular weight is 527 g/mol. The molecule has 0 spiro atoms. The number of aromatic nitrogens is 5. The number of carbonyl (C=O) groups is 1. The van der Waals surface area contributed by atoms with Crippen LogP contribution in [0.15, 0.2) is 53.6 Å². The molecule has 2 aromatic carbocycles. The number of aromatic amines is 1. The SMILES string of the molecule is COC(=O)c1ccc2c(c1)c(-n1c(-c3cn(C)c4ccc(F)cc34)n[nH]c1=O)cn2CCCN(C)C.Cl. The number of nitrogens with one attached hydrogen (secondary N) is 1. The molecule has 9 nitrogen and oxygen atoms in total. The molecular formula is C26H28ClFN6O3. The van der Waals surface area contributed by atoms with Crippen molar-refractivity contribution in [2.75, 3.05) is 27.7 Å². The molecule has 0 atom stereocenters. The van der Waals surface area contributed by atoms with Crippen molar-refractivity contribution in [3.8, 4) is 17.1 Å². The van der Waals surface area contributed by atoms with Gasteiger partial charge in [0.05, 0.1) is 23.9 Å². The van der Waals surface area contributed by atoms with Gasteiger partial charge in [-0.2, -0.15) is 5.10 Å². The number of rotatable bonds is 7. The molecule has 0 bridgehead atoms. The minimum absolute atomic E-state index is 0. The van der Waals surface area contributed by atoms with Gasteiger partial charge >= 0.3 is 11.7 Å². The standard InChI is InChI=1S/C26H27FN6O3.ClH/c1-30(2)10-5-11-32-15-23(19-12-16(25(34)36-4)6-8-22(19)32)33-24(28-29-26(33)35)20-14-31(3)21-9-7-17(27)13-18(20)21;/h6-9,12-15H,5,10-11H2,1-4H3,(H,29,35);1H. The van der Waals surface area contributed by atoms with E-state index in [4.69, 9.17) is 4.74 Å². The second kappa shape index (κ2) is 10.2. The van der Waals surface area contributed by atoms with E-state index in [0.29, 0.717) is 40.0 Å². The Bertz CT molecular complexity index is 1660. The molecule has 0 unspecified atom stereocenters. The van der Waals surface area contributed by atoms with Crippen molar-refractivity contribution in [3.63, 3.8) is 0 Å². The molecule has 1 N–H and O–H groups in total. The van der Waals surface area contributed by atoms with E-state index < -0.39 is 11.7 Å². The first kappa shape index (κ1) is 26.2. The number of carbonyl (C=O) groups excluding carboxylic acids is 1. The predicted octanol–water partition coefficient (Wildman–Crippen LogP) is 3.97. The highest BCUT2D eigenvalue weighted by atomic mass is 35.5. The third-order valence-corrected chi connectivity index (χ3v) is 6.39. The van der Waals surface area contributed by atoms with Crippen LogP contribution in [-0.4, -0.2) is 62.5 Å². The Morgan fingerprint density at radius 3 is 2.59 bits per heavy atom. The fourth-order valence-electron chi connectivity index (χ4n) is 4.69. The lowest BCUT2D eigenvalue weighted by molar-refractivity contribution is 0.0601. The van der Waals surface area contributed by atoms with Crippen LogP contribution in [0.25, 0.3) is 38.9 Å². The van der Waals surface area contributed by atoms with Gasteiger partial charge in [0.1, 0.15) is 5.82 Å². The summed E-state index contributed by atoms with van der Waals surface area (Å²) in [6.07, 6.45) is 4.62. The number of benzene rings is 2. The van der Waals surface area contributed by atoms with E-state index >= 15 is 0 Å². The van der Waals surface area contributed by atoms with Crippen molar-refractivity contribution in [2.24, 2.45) is 7.05 Å². The summed E-state index contributed by atoms with van der Waals surface area (Å²) in [6, 6.07) is 9.84. The van der Waals surface area contributed by atoms with Crippen LogP contribution < -0.4 is 5.69 Å². The van der Waals surface area contributed by atoms with Crippen LogP contribution in [0.1, 0.15) is 16.8 Å². The van der Waals surface area contributed by atoms with Gasteiger partial charge in [-0.3, -0.25) is 0 Å². The van der Waals surface area contributed by atoms with Crippen molar-refractivity contribution in [3.05, 3.63) is 70.7 Å². The lowest BCUT2D eigenvalue weighted by atomic mass is 10.1. The molecule has 0 aliphatic rings. The Balaban J connectivity index is 0.00000320. The monoisotopic (exact) mass is 526 g/mol. The molecule has 5 rings (SSSR count). The van der Waals surface area contributed by atoms with Crippen molar-refractivity contribution in [2.45, 2.75) is 13.0 Å². The summed E-state index contributed by atoms with van der Waals surface area (Å²) < 4.78 is 24.5. The summed E-state index contributed by atoms with van der Waals surface area (Å²) in [6.45, 7) is 1.61. The maximum atomic E-state index is 14.2. The molecule has 37 heavy (non-hydrogen) atoms. The van der Waals surface area contributed by atoms with Gasteiger partial charge in [-0.15, -0.1) is 12.4 Å². The number of aryl methyl sites for hydroxylation is 2. The Morgan fingerprint density at radius 2 is 1.86 bits per heavy atom. The first-order chi connectivity index (χ1) is 17.3. The number of esters is 1. The molecule has 194 valence electrons. The number of ether oxygens (including phenoxy) is 1. The summed E-state index contributed by atoms with van der Waals surface area (Å²) >= 11 is 0. The van der Waals surface area contributed by atoms with Crippen LogP contribution in [0.3, 0.4) is 0 Å².